The van der Waals surface area contributed by atoms with E-state index in [1.807, 2.05) is 48.5 Å². The second-order valence-corrected chi connectivity index (χ2v) is 11.6. The lowest BCUT2D eigenvalue weighted by molar-refractivity contribution is 0.0938. The molecule has 7 rings (SSSR count). The van der Waals surface area contributed by atoms with Crippen molar-refractivity contribution < 1.29 is 14.6 Å². The maximum Gasteiger partial charge on any atom is 0.251 e. The van der Waals surface area contributed by atoms with E-state index in [1.54, 1.807) is 7.11 Å². The van der Waals surface area contributed by atoms with E-state index >= 15 is 0 Å². The van der Waals surface area contributed by atoms with Gasteiger partial charge in [-0.3, -0.25) is 9.89 Å². The third kappa shape index (κ3) is 4.98. The van der Waals surface area contributed by atoms with E-state index in [1.165, 1.54) is 12.8 Å². The van der Waals surface area contributed by atoms with E-state index in [9.17, 15) is 9.90 Å². The van der Waals surface area contributed by atoms with Crippen molar-refractivity contribution in [3.05, 3.63) is 66.2 Å². The van der Waals surface area contributed by atoms with Crippen LogP contribution in [0, 0.1) is 0 Å². The van der Waals surface area contributed by atoms with Crippen molar-refractivity contribution in [2.45, 2.75) is 69.6 Å². The van der Waals surface area contributed by atoms with Gasteiger partial charge in [-0.15, -0.1) is 0 Å². The molecule has 0 saturated heterocycles. The van der Waals surface area contributed by atoms with Crippen LogP contribution >= 0.6 is 0 Å². The number of hydrogen-bond donors (Lipinski definition) is 4. The van der Waals surface area contributed by atoms with Crippen molar-refractivity contribution in [3.63, 3.8) is 0 Å². The molecule has 2 aromatic heterocycles. The van der Waals surface area contributed by atoms with Gasteiger partial charge in [0.05, 0.1) is 29.8 Å². The molecule has 2 heterocycles. The summed E-state index contributed by atoms with van der Waals surface area (Å²) in [6.45, 7) is 0. The number of ether oxygens (including phenoxy) is 1. The Hall–Kier alpha value is -4.37. The number of H-pyrrole nitrogens is 1. The molecule has 5 aromatic rings. The normalized spacial score (nSPS) is 19.4. The summed E-state index contributed by atoms with van der Waals surface area (Å²) in [4.78, 5) is 18.1. The molecule has 2 saturated carbocycles. The minimum atomic E-state index is -0.262. The van der Waals surface area contributed by atoms with Crippen LogP contribution in [0.3, 0.4) is 0 Å². The first-order valence-electron chi connectivity index (χ1n) is 15.0. The number of para-hydroxylation sites is 1. The number of nitrogens with zero attached hydrogens (tertiary/aromatic N) is 3. The number of hydrogen-bond acceptors (Lipinski definition) is 6. The number of rotatable bonds is 7. The van der Waals surface area contributed by atoms with Crippen LogP contribution < -0.4 is 15.4 Å². The fourth-order valence-electron chi connectivity index (χ4n) is 6.62. The van der Waals surface area contributed by atoms with Crippen LogP contribution in [0.5, 0.6) is 5.75 Å². The summed E-state index contributed by atoms with van der Waals surface area (Å²) < 4.78 is 7.83. The van der Waals surface area contributed by atoms with Crippen LogP contribution in [0.1, 0.15) is 67.8 Å². The summed E-state index contributed by atoms with van der Waals surface area (Å²) in [5, 5.41) is 25.6. The van der Waals surface area contributed by atoms with Crippen molar-refractivity contribution in [1.29, 1.82) is 0 Å². The van der Waals surface area contributed by atoms with E-state index in [4.69, 9.17) is 9.72 Å². The van der Waals surface area contributed by atoms with E-state index in [0.717, 1.165) is 77.3 Å². The molecule has 0 spiro atoms. The molecule has 9 nitrogen and oxygen atoms in total. The molecule has 9 heteroatoms. The second-order valence-electron chi connectivity index (χ2n) is 11.6. The summed E-state index contributed by atoms with van der Waals surface area (Å²) in [6, 6.07) is 20.4. The molecule has 2 aliphatic carbocycles. The van der Waals surface area contributed by atoms with Crippen LogP contribution in [0.25, 0.3) is 33.1 Å². The zero-order chi connectivity index (χ0) is 28.6. The first-order chi connectivity index (χ1) is 20.6. The largest absolute Gasteiger partial charge is 0.496 e. The van der Waals surface area contributed by atoms with Gasteiger partial charge in [-0.25, -0.2) is 4.98 Å². The zero-order valence-electron chi connectivity index (χ0n) is 23.8. The monoisotopic (exact) mass is 564 g/mol. The van der Waals surface area contributed by atoms with Crippen LogP contribution in [-0.4, -0.2) is 50.0 Å². The highest BCUT2D eigenvalue weighted by Gasteiger charge is 2.26. The molecule has 0 atom stereocenters. The number of aliphatic hydroxyl groups excluding tert-OH is 1. The van der Waals surface area contributed by atoms with Gasteiger partial charge in [-0.05, 0) is 80.5 Å². The fraction of sp³-hybridized carbons (Fsp3) is 0.364. The van der Waals surface area contributed by atoms with E-state index in [-0.39, 0.29) is 24.1 Å². The first-order valence-corrected chi connectivity index (χ1v) is 15.0. The predicted molar refractivity (Wildman–Crippen MR) is 164 cm³/mol. The maximum absolute atomic E-state index is 13.1. The van der Waals surface area contributed by atoms with Crippen molar-refractivity contribution in [3.8, 4) is 16.9 Å². The molecule has 216 valence electrons. The van der Waals surface area contributed by atoms with Gasteiger partial charge in [0.1, 0.15) is 5.75 Å². The smallest absolute Gasteiger partial charge is 0.251 e. The number of fused-ring (bicyclic) bond motifs is 2. The summed E-state index contributed by atoms with van der Waals surface area (Å²) in [5.41, 5.74) is 5.28. The van der Waals surface area contributed by atoms with Gasteiger partial charge in [-0.2, -0.15) is 5.10 Å². The summed E-state index contributed by atoms with van der Waals surface area (Å²) in [6.07, 6.45) is 7.36. The molecule has 0 unspecified atom stereocenters. The number of amides is 1. The number of nitrogens with one attached hydrogen (secondary N) is 3. The summed E-state index contributed by atoms with van der Waals surface area (Å²) in [7, 11) is 1.68. The summed E-state index contributed by atoms with van der Waals surface area (Å²) >= 11 is 0. The van der Waals surface area contributed by atoms with E-state index in [0.29, 0.717) is 17.3 Å². The number of aliphatic hydroxyl groups is 1. The molecule has 0 radical (unpaired) electrons. The Bertz CT molecular complexity index is 1740. The molecular weight excluding hydrogens is 528 g/mol. The Morgan fingerprint density at radius 3 is 2.62 bits per heavy atom. The molecule has 2 fully saturated rings. The molecule has 4 N–H and O–H groups in total. The molecule has 1 amide bonds. The first kappa shape index (κ1) is 26.5. The third-order valence-corrected chi connectivity index (χ3v) is 8.88. The molecule has 0 bridgehead atoms. The number of benzene rings is 3. The fourth-order valence-corrected chi connectivity index (χ4v) is 6.62. The number of carbonyl (C=O) groups is 1. The molecular formula is C33H36N6O3. The number of anilines is 2. The van der Waals surface area contributed by atoms with Gasteiger partial charge in [0.15, 0.2) is 5.82 Å². The Kier molecular flexibility index (Phi) is 7.03. The average Bonchev–Trinajstić information content (AvgIpc) is 3.76. The number of carbonyl (C=O) groups excluding carboxylic acids is 1. The molecule has 2 aliphatic rings. The van der Waals surface area contributed by atoms with Crippen molar-refractivity contribution >= 4 is 39.6 Å². The van der Waals surface area contributed by atoms with Gasteiger partial charge in [0.2, 0.25) is 5.95 Å². The van der Waals surface area contributed by atoms with Crippen LogP contribution in [-0.2, 0) is 0 Å². The lowest BCUT2D eigenvalue weighted by Gasteiger charge is -2.28. The minimum absolute atomic E-state index is 0.0455. The lowest BCUT2D eigenvalue weighted by Crippen LogP contribution is -2.32. The van der Waals surface area contributed by atoms with Crippen molar-refractivity contribution in [1.82, 2.24) is 25.1 Å². The van der Waals surface area contributed by atoms with Crippen LogP contribution in [0.4, 0.5) is 11.8 Å². The lowest BCUT2D eigenvalue weighted by atomic mass is 9.93. The molecule has 0 aliphatic heterocycles. The van der Waals surface area contributed by atoms with Gasteiger partial charge < -0.3 is 25.0 Å². The van der Waals surface area contributed by atoms with Crippen LogP contribution in [0.2, 0.25) is 0 Å². The van der Waals surface area contributed by atoms with Crippen molar-refractivity contribution in [2.24, 2.45) is 0 Å². The predicted octanol–water partition coefficient (Wildman–Crippen LogP) is 6.48. The number of methoxy groups -OCH3 is 1. The van der Waals surface area contributed by atoms with E-state index in [2.05, 4.69) is 37.5 Å². The van der Waals surface area contributed by atoms with Gasteiger partial charge >= 0.3 is 0 Å². The highest BCUT2D eigenvalue weighted by molar-refractivity contribution is 5.99. The molecule has 3 aromatic carbocycles. The summed E-state index contributed by atoms with van der Waals surface area (Å²) in [5.74, 6) is 2.11. The van der Waals surface area contributed by atoms with Gasteiger partial charge in [0.25, 0.3) is 5.91 Å². The van der Waals surface area contributed by atoms with Crippen molar-refractivity contribution in [2.75, 3.05) is 12.4 Å². The quantitative estimate of drug-likeness (QED) is 0.180. The highest BCUT2D eigenvalue weighted by atomic mass is 16.5. The maximum atomic E-state index is 13.1. The number of aromatic amines is 1. The number of aromatic nitrogens is 4. The second kappa shape index (κ2) is 11.1. The Morgan fingerprint density at radius 2 is 1.81 bits per heavy atom. The Morgan fingerprint density at radius 1 is 1.00 bits per heavy atom. The van der Waals surface area contributed by atoms with Crippen LogP contribution in [0.15, 0.2) is 60.7 Å². The minimum Gasteiger partial charge on any atom is -0.496 e. The van der Waals surface area contributed by atoms with Gasteiger partial charge in [-0.1, -0.05) is 37.1 Å². The zero-order valence-corrected chi connectivity index (χ0v) is 23.8. The van der Waals surface area contributed by atoms with Gasteiger partial charge in [0, 0.05) is 28.6 Å². The highest BCUT2D eigenvalue weighted by Crippen LogP contribution is 2.38. The molecule has 42 heavy (non-hydrogen) atoms. The topological polar surface area (TPSA) is 117 Å². The number of imidazole rings is 1. The van der Waals surface area contributed by atoms with E-state index < -0.39 is 0 Å². The average molecular weight is 565 g/mol. The Balaban J connectivity index is 1.26. The Labute approximate surface area is 244 Å². The SMILES string of the molecule is COc1ccccc1-c1ccc2[nH]nc(Nc3nc4cc(C(=O)NC5CCCC5)ccc4n3C3CCC(O)CC3)c2c1. The standard InChI is InChI=1S/C33H36N6O3/c1-42-30-9-5-4-8-25(30)20-10-16-27-26(18-20)31(38-37-27)36-33-35-28-19-21(32(41)34-22-6-2-3-7-22)11-17-29(28)39(33)23-12-14-24(40)15-13-23/h4-5,8-11,16-19,22-24,40H,2-3,6-7,12-15H2,1H3,(H,34,41)(H2,35,36,37,38). The third-order valence-electron chi connectivity index (χ3n) is 8.88.